The van der Waals surface area contributed by atoms with Crippen LogP contribution in [-0.2, 0) is 9.53 Å². The Morgan fingerprint density at radius 2 is 1.61 bits per heavy atom. The molecule has 0 aromatic rings. The molecule has 5 nitrogen and oxygen atoms in total. The van der Waals surface area contributed by atoms with Crippen molar-refractivity contribution in [2.24, 2.45) is 0 Å². The van der Waals surface area contributed by atoms with Crippen molar-refractivity contribution in [2.75, 3.05) is 13.6 Å². The van der Waals surface area contributed by atoms with Gasteiger partial charge in [0, 0.05) is 19.6 Å². The highest BCUT2D eigenvalue weighted by atomic mass is 16.6. The maximum atomic E-state index is 12.9. The van der Waals surface area contributed by atoms with Gasteiger partial charge in [-0.15, -0.1) is 0 Å². The summed E-state index contributed by atoms with van der Waals surface area (Å²) >= 11 is 0. The molecule has 5 heteroatoms. The van der Waals surface area contributed by atoms with Crippen LogP contribution in [0.15, 0.2) is 0 Å². The van der Waals surface area contributed by atoms with Crippen LogP contribution in [0.2, 0.25) is 0 Å². The summed E-state index contributed by atoms with van der Waals surface area (Å²) in [6, 6.07) is -0.0239. The van der Waals surface area contributed by atoms with E-state index in [1.807, 2.05) is 32.7 Å². The van der Waals surface area contributed by atoms with E-state index in [2.05, 4.69) is 0 Å². The lowest BCUT2D eigenvalue weighted by Gasteiger charge is -2.33. The summed E-state index contributed by atoms with van der Waals surface area (Å²) in [7, 11) is 1.91. The van der Waals surface area contributed by atoms with Gasteiger partial charge in [0.05, 0.1) is 0 Å². The van der Waals surface area contributed by atoms with Crippen LogP contribution in [-0.4, -0.2) is 53.1 Å². The Kier molecular flexibility index (Phi) is 5.93. The van der Waals surface area contributed by atoms with E-state index in [1.54, 1.807) is 4.90 Å². The number of rotatable bonds is 2. The van der Waals surface area contributed by atoms with Crippen molar-refractivity contribution < 1.29 is 14.3 Å². The lowest BCUT2D eigenvalue weighted by Crippen LogP contribution is -2.50. The van der Waals surface area contributed by atoms with E-state index in [0.29, 0.717) is 12.6 Å². The van der Waals surface area contributed by atoms with E-state index < -0.39 is 5.60 Å². The van der Waals surface area contributed by atoms with Crippen molar-refractivity contribution >= 4 is 12.0 Å². The van der Waals surface area contributed by atoms with Crippen molar-refractivity contribution in [3.63, 3.8) is 0 Å². The van der Waals surface area contributed by atoms with Crippen molar-refractivity contribution in [1.82, 2.24) is 9.80 Å². The topological polar surface area (TPSA) is 49.9 Å². The summed E-state index contributed by atoms with van der Waals surface area (Å²) in [5, 5.41) is 0. The third-order valence-electron chi connectivity index (χ3n) is 4.89. The molecule has 2 fully saturated rings. The smallest absolute Gasteiger partial charge is 0.410 e. The predicted molar refractivity (Wildman–Crippen MR) is 90.2 cm³/mol. The molecule has 1 heterocycles. The van der Waals surface area contributed by atoms with Gasteiger partial charge in [-0.3, -0.25) is 9.69 Å². The van der Waals surface area contributed by atoms with Gasteiger partial charge in [-0.2, -0.15) is 0 Å². The minimum absolute atomic E-state index is 0.0836. The molecule has 1 atom stereocenters. The Labute approximate surface area is 140 Å². The van der Waals surface area contributed by atoms with Crippen molar-refractivity contribution in [2.45, 2.75) is 89.8 Å². The molecule has 1 saturated heterocycles. The minimum atomic E-state index is -0.527. The molecule has 0 unspecified atom stereocenters. The van der Waals surface area contributed by atoms with Gasteiger partial charge in [0.2, 0.25) is 5.91 Å². The molecule has 23 heavy (non-hydrogen) atoms. The van der Waals surface area contributed by atoms with Gasteiger partial charge in [0.15, 0.2) is 0 Å². The maximum Gasteiger partial charge on any atom is 0.410 e. The summed E-state index contributed by atoms with van der Waals surface area (Å²) < 4.78 is 5.46. The van der Waals surface area contributed by atoms with Gasteiger partial charge in [0.25, 0.3) is 0 Å². The zero-order chi connectivity index (χ0) is 17.0. The molecule has 0 aromatic carbocycles. The van der Waals surface area contributed by atoms with Crippen LogP contribution < -0.4 is 0 Å². The molecular formula is C18H32N2O3. The molecule has 2 rings (SSSR count). The number of hydrogen-bond acceptors (Lipinski definition) is 3. The fraction of sp³-hybridized carbons (Fsp3) is 0.889. The summed E-state index contributed by atoms with van der Waals surface area (Å²) in [5.74, 6) is 0.0836. The van der Waals surface area contributed by atoms with Gasteiger partial charge in [-0.1, -0.05) is 25.7 Å². The van der Waals surface area contributed by atoms with Crippen LogP contribution in [0, 0.1) is 0 Å². The van der Waals surface area contributed by atoms with Crippen LogP contribution in [0.3, 0.4) is 0 Å². The molecule has 0 bridgehead atoms. The summed E-state index contributed by atoms with van der Waals surface area (Å²) in [6.45, 7) is 6.18. The Hall–Kier alpha value is -1.26. The van der Waals surface area contributed by atoms with Crippen molar-refractivity contribution in [3.05, 3.63) is 0 Å². The van der Waals surface area contributed by atoms with Crippen molar-refractivity contribution in [1.29, 1.82) is 0 Å². The van der Waals surface area contributed by atoms with Gasteiger partial charge in [-0.25, -0.2) is 4.79 Å². The number of ether oxygens (including phenoxy) is 1. The second kappa shape index (κ2) is 7.54. The standard InChI is InChI=1S/C18H32N2O3/c1-18(2,3)23-17(22)20-13-9-12-15(20)16(21)19(4)14-10-7-5-6-8-11-14/h14-15H,5-13H2,1-4H3/t15-/m1/s1. The molecule has 1 aliphatic carbocycles. The van der Waals surface area contributed by atoms with Crippen LogP contribution in [0.1, 0.15) is 72.1 Å². The number of likely N-dealkylation sites (tertiary alicyclic amines) is 1. The van der Waals surface area contributed by atoms with E-state index in [1.165, 1.54) is 25.7 Å². The minimum Gasteiger partial charge on any atom is -0.444 e. The van der Waals surface area contributed by atoms with E-state index >= 15 is 0 Å². The van der Waals surface area contributed by atoms with Crippen LogP contribution >= 0.6 is 0 Å². The lowest BCUT2D eigenvalue weighted by atomic mass is 10.1. The second-order valence-corrected chi connectivity index (χ2v) is 7.93. The summed E-state index contributed by atoms with van der Waals surface area (Å²) in [6.07, 6.45) is 8.36. The molecule has 0 radical (unpaired) electrons. The van der Waals surface area contributed by atoms with Crippen LogP contribution in [0.5, 0.6) is 0 Å². The average Bonchev–Trinajstić information content (AvgIpc) is 2.79. The van der Waals surface area contributed by atoms with Crippen LogP contribution in [0.4, 0.5) is 4.79 Å². The molecule has 1 aliphatic heterocycles. The lowest BCUT2D eigenvalue weighted by molar-refractivity contribution is -0.137. The molecular weight excluding hydrogens is 292 g/mol. The zero-order valence-corrected chi connectivity index (χ0v) is 15.1. The monoisotopic (exact) mass is 324 g/mol. The van der Waals surface area contributed by atoms with Crippen LogP contribution in [0.25, 0.3) is 0 Å². The molecule has 2 amide bonds. The molecule has 1 saturated carbocycles. The molecule has 132 valence electrons. The highest BCUT2D eigenvalue weighted by molar-refractivity contribution is 5.86. The second-order valence-electron chi connectivity index (χ2n) is 7.93. The quantitative estimate of drug-likeness (QED) is 0.730. The third-order valence-corrected chi connectivity index (χ3v) is 4.89. The highest BCUT2D eigenvalue weighted by Crippen LogP contribution is 2.26. The Morgan fingerprint density at radius 3 is 2.17 bits per heavy atom. The number of carbonyl (C=O) groups excluding carboxylic acids is 2. The van der Waals surface area contributed by atoms with E-state index in [9.17, 15) is 9.59 Å². The molecule has 2 aliphatic rings. The molecule has 0 N–H and O–H groups in total. The number of amides is 2. The number of carbonyl (C=O) groups is 2. The normalized spacial score (nSPS) is 23.5. The van der Waals surface area contributed by atoms with E-state index in [0.717, 1.165) is 25.7 Å². The average molecular weight is 324 g/mol. The number of likely N-dealkylation sites (N-methyl/N-ethyl adjacent to an activating group) is 1. The first-order chi connectivity index (χ1) is 10.8. The largest absolute Gasteiger partial charge is 0.444 e. The van der Waals surface area contributed by atoms with Crippen molar-refractivity contribution in [3.8, 4) is 0 Å². The van der Waals surface area contributed by atoms with Gasteiger partial charge in [0.1, 0.15) is 11.6 Å². The first-order valence-corrected chi connectivity index (χ1v) is 9.06. The van der Waals surface area contributed by atoms with Gasteiger partial charge < -0.3 is 9.64 Å². The summed E-state index contributed by atoms with van der Waals surface area (Å²) in [4.78, 5) is 28.8. The molecule has 0 aromatic heterocycles. The highest BCUT2D eigenvalue weighted by Gasteiger charge is 2.39. The maximum absolute atomic E-state index is 12.9. The fourth-order valence-corrected chi connectivity index (χ4v) is 3.62. The van der Waals surface area contributed by atoms with E-state index in [-0.39, 0.29) is 18.0 Å². The number of hydrogen-bond donors (Lipinski definition) is 0. The fourth-order valence-electron chi connectivity index (χ4n) is 3.62. The molecule has 0 spiro atoms. The Morgan fingerprint density at radius 1 is 1.00 bits per heavy atom. The Balaban J connectivity index is 2.00. The van der Waals surface area contributed by atoms with E-state index in [4.69, 9.17) is 4.74 Å². The summed E-state index contributed by atoms with van der Waals surface area (Å²) in [5.41, 5.74) is -0.527. The third kappa shape index (κ3) is 4.85. The SMILES string of the molecule is CN(C(=O)[C@H]1CCCN1C(=O)OC(C)(C)C)C1CCCCCC1. The zero-order valence-electron chi connectivity index (χ0n) is 15.1. The first-order valence-electron chi connectivity index (χ1n) is 9.06. The predicted octanol–water partition coefficient (Wildman–Crippen LogP) is 3.57. The van der Waals surface area contributed by atoms with Gasteiger partial charge >= 0.3 is 6.09 Å². The number of nitrogens with zero attached hydrogens (tertiary/aromatic N) is 2. The first kappa shape index (κ1) is 18.1. The van der Waals surface area contributed by atoms with Gasteiger partial charge in [-0.05, 0) is 46.5 Å². The Bertz CT molecular complexity index is 422.